The molecule has 6 heteroatoms. The molecule has 0 fully saturated rings. The summed E-state index contributed by atoms with van der Waals surface area (Å²) in [4.78, 5) is 17.6. The molecule has 3 aromatic rings. The van der Waals surface area contributed by atoms with Crippen LogP contribution in [0, 0.1) is 0 Å². The lowest BCUT2D eigenvalue weighted by Gasteiger charge is -2.13. The molecule has 176 valence electrons. The van der Waals surface area contributed by atoms with Gasteiger partial charge in [0.15, 0.2) is 0 Å². The van der Waals surface area contributed by atoms with E-state index in [0.29, 0.717) is 23.5 Å². The highest BCUT2D eigenvalue weighted by Crippen LogP contribution is 2.23. The first-order valence-electron chi connectivity index (χ1n) is 11.0. The maximum absolute atomic E-state index is 12.2. The molecule has 34 heavy (non-hydrogen) atoms. The second-order valence-electron chi connectivity index (χ2n) is 7.47. The predicted octanol–water partition coefficient (Wildman–Crippen LogP) is 5.41. The molecule has 0 bridgehead atoms. The Labute approximate surface area is 200 Å². The van der Waals surface area contributed by atoms with Gasteiger partial charge in [0, 0.05) is 6.42 Å². The molecule has 3 aromatic carbocycles. The van der Waals surface area contributed by atoms with Gasteiger partial charge in [-0.1, -0.05) is 59.8 Å². The number of hydrogen-bond acceptors (Lipinski definition) is 6. The van der Waals surface area contributed by atoms with Gasteiger partial charge in [0.05, 0.1) is 26.2 Å². The van der Waals surface area contributed by atoms with Crippen LogP contribution in [-0.2, 0) is 32.1 Å². The van der Waals surface area contributed by atoms with E-state index in [1.165, 1.54) is 26.0 Å². The lowest BCUT2D eigenvalue weighted by atomic mass is 10.0. The number of oxime groups is 1. The Bertz CT molecular complexity index is 1120. The third-order valence-corrected chi connectivity index (χ3v) is 5.14. The van der Waals surface area contributed by atoms with Crippen molar-refractivity contribution in [1.82, 2.24) is 0 Å². The predicted molar refractivity (Wildman–Crippen MR) is 133 cm³/mol. The highest BCUT2D eigenvalue weighted by Gasteiger charge is 2.17. The lowest BCUT2D eigenvalue weighted by Crippen LogP contribution is -2.08. The van der Waals surface area contributed by atoms with E-state index in [0.717, 1.165) is 23.3 Å². The Balaban J connectivity index is 1.59. The molecular formula is C28H29NO5. The summed E-state index contributed by atoms with van der Waals surface area (Å²) in [5.41, 5.74) is 4.82. The van der Waals surface area contributed by atoms with E-state index >= 15 is 0 Å². The molecule has 0 aliphatic rings. The van der Waals surface area contributed by atoms with E-state index in [2.05, 4.69) is 17.3 Å². The fraction of sp³-hybridized carbons (Fsp3) is 0.214. The van der Waals surface area contributed by atoms with Crippen molar-refractivity contribution in [3.05, 3.63) is 107 Å². The van der Waals surface area contributed by atoms with Crippen LogP contribution in [0.2, 0.25) is 0 Å². The summed E-state index contributed by atoms with van der Waals surface area (Å²) in [6.45, 7) is 2.71. The van der Waals surface area contributed by atoms with Crippen LogP contribution >= 0.6 is 0 Å². The first kappa shape index (κ1) is 24.6. The Morgan fingerprint density at radius 1 is 0.912 bits per heavy atom. The number of benzene rings is 3. The number of nitrogens with zero attached hydrogens (tertiary/aromatic N) is 1. The summed E-state index contributed by atoms with van der Waals surface area (Å²) in [5.74, 6) is 0.228. The molecule has 3 rings (SSSR count). The minimum atomic E-state index is -0.473. The zero-order valence-corrected chi connectivity index (χ0v) is 19.7. The van der Waals surface area contributed by atoms with Crippen LogP contribution in [-0.4, -0.2) is 32.5 Å². The van der Waals surface area contributed by atoms with Gasteiger partial charge in [0.1, 0.15) is 24.5 Å². The fourth-order valence-corrected chi connectivity index (χ4v) is 3.32. The highest BCUT2D eigenvalue weighted by atomic mass is 16.6. The van der Waals surface area contributed by atoms with Crippen LogP contribution in [0.4, 0.5) is 0 Å². The van der Waals surface area contributed by atoms with Crippen LogP contribution < -0.4 is 4.74 Å². The third-order valence-electron chi connectivity index (χ3n) is 5.14. The summed E-state index contributed by atoms with van der Waals surface area (Å²) in [6, 6.07) is 25.3. The van der Waals surface area contributed by atoms with Gasteiger partial charge in [-0.25, -0.2) is 4.79 Å². The molecule has 0 heterocycles. The molecule has 0 unspecified atom stereocenters. The summed E-state index contributed by atoms with van der Waals surface area (Å²) >= 11 is 0. The Morgan fingerprint density at radius 3 is 2.32 bits per heavy atom. The van der Waals surface area contributed by atoms with E-state index in [4.69, 9.17) is 19.0 Å². The smallest absolute Gasteiger partial charge is 0.341 e. The number of methoxy groups -OCH3 is 2. The van der Waals surface area contributed by atoms with Gasteiger partial charge in [-0.05, 0) is 53.4 Å². The first-order chi connectivity index (χ1) is 16.6. The van der Waals surface area contributed by atoms with Gasteiger partial charge >= 0.3 is 5.97 Å². The molecule has 0 saturated heterocycles. The summed E-state index contributed by atoms with van der Waals surface area (Å²) in [5, 5.41) is 4.22. The summed E-state index contributed by atoms with van der Waals surface area (Å²) < 4.78 is 15.9. The van der Waals surface area contributed by atoms with Gasteiger partial charge in [0.2, 0.25) is 0 Å². The van der Waals surface area contributed by atoms with Crippen molar-refractivity contribution in [1.29, 1.82) is 0 Å². The molecule has 0 N–H and O–H groups in total. The van der Waals surface area contributed by atoms with Gasteiger partial charge in [-0.15, -0.1) is 0 Å². The number of carbonyl (C=O) groups excluding carboxylic acids is 1. The van der Waals surface area contributed by atoms with Crippen molar-refractivity contribution in [2.45, 2.75) is 20.0 Å². The molecular weight excluding hydrogens is 430 g/mol. The third kappa shape index (κ3) is 6.97. The Morgan fingerprint density at radius 2 is 1.62 bits per heavy atom. The number of rotatable bonds is 11. The fourth-order valence-electron chi connectivity index (χ4n) is 3.32. The van der Waals surface area contributed by atoms with Crippen molar-refractivity contribution >= 4 is 17.3 Å². The van der Waals surface area contributed by atoms with Gasteiger partial charge < -0.3 is 19.0 Å². The summed E-state index contributed by atoms with van der Waals surface area (Å²) in [7, 11) is 2.83. The number of carbonyl (C=O) groups is 1. The SMILES string of the molecule is COC=C(C(=O)OC)c1ccccc1COc1ccc(C(C)=NOCCc2ccccc2)cc1. The van der Waals surface area contributed by atoms with Crippen molar-refractivity contribution in [2.75, 3.05) is 20.8 Å². The Hall–Kier alpha value is -4.06. The zero-order chi connectivity index (χ0) is 24.2. The van der Waals surface area contributed by atoms with Gasteiger partial charge in [-0.2, -0.15) is 0 Å². The largest absolute Gasteiger partial charge is 0.503 e. The van der Waals surface area contributed by atoms with Crippen LogP contribution in [0.25, 0.3) is 5.57 Å². The van der Waals surface area contributed by atoms with Crippen molar-refractivity contribution < 1.29 is 23.8 Å². The number of hydrogen-bond donors (Lipinski definition) is 0. The standard InChI is InChI=1S/C28H29NO5/c1-21(29-34-18-17-22-9-5-4-6-10-22)23-13-15-25(16-14-23)33-19-24-11-7-8-12-26(24)27(20-31-2)28(30)32-3/h4-16,20H,17-19H2,1-3H3. The molecule has 6 nitrogen and oxygen atoms in total. The maximum atomic E-state index is 12.2. The minimum absolute atomic E-state index is 0.281. The first-order valence-corrected chi connectivity index (χ1v) is 11.0. The van der Waals surface area contributed by atoms with E-state index in [1.54, 1.807) is 0 Å². The topological polar surface area (TPSA) is 66.4 Å². The number of esters is 1. The van der Waals surface area contributed by atoms with E-state index in [1.807, 2.05) is 73.7 Å². The van der Waals surface area contributed by atoms with E-state index in [9.17, 15) is 4.79 Å². The van der Waals surface area contributed by atoms with Gasteiger partial charge in [0.25, 0.3) is 0 Å². The summed E-state index contributed by atoms with van der Waals surface area (Å²) in [6.07, 6.45) is 2.19. The minimum Gasteiger partial charge on any atom is -0.503 e. The average Bonchev–Trinajstić information content (AvgIpc) is 2.89. The molecule has 0 aliphatic heterocycles. The molecule has 0 radical (unpaired) electrons. The molecule has 0 aliphatic carbocycles. The Kier molecular flexibility index (Phi) is 9.29. The van der Waals surface area contributed by atoms with Crippen molar-refractivity contribution in [3.8, 4) is 5.75 Å². The molecule has 0 spiro atoms. The van der Waals surface area contributed by atoms with Crippen LogP contribution in [0.5, 0.6) is 5.75 Å². The highest BCUT2D eigenvalue weighted by molar-refractivity contribution is 6.16. The van der Waals surface area contributed by atoms with Crippen molar-refractivity contribution in [3.63, 3.8) is 0 Å². The van der Waals surface area contributed by atoms with Crippen LogP contribution in [0.1, 0.15) is 29.2 Å². The molecule has 0 amide bonds. The average molecular weight is 460 g/mol. The molecule has 0 saturated carbocycles. The van der Waals surface area contributed by atoms with Crippen LogP contribution in [0.15, 0.2) is 90.3 Å². The van der Waals surface area contributed by atoms with E-state index < -0.39 is 5.97 Å². The van der Waals surface area contributed by atoms with Crippen molar-refractivity contribution in [2.24, 2.45) is 5.16 Å². The second-order valence-corrected chi connectivity index (χ2v) is 7.47. The maximum Gasteiger partial charge on any atom is 0.341 e. The monoisotopic (exact) mass is 459 g/mol. The lowest BCUT2D eigenvalue weighted by molar-refractivity contribution is -0.133. The molecule has 0 atom stereocenters. The zero-order valence-electron chi connectivity index (χ0n) is 19.7. The quantitative estimate of drug-likeness (QED) is 0.0958. The van der Waals surface area contributed by atoms with E-state index in [-0.39, 0.29) is 6.61 Å². The normalized spacial score (nSPS) is 11.6. The van der Waals surface area contributed by atoms with Crippen LogP contribution in [0.3, 0.4) is 0 Å². The molecule has 0 aromatic heterocycles. The number of ether oxygens (including phenoxy) is 3. The van der Waals surface area contributed by atoms with Gasteiger partial charge in [-0.3, -0.25) is 0 Å². The second kappa shape index (κ2) is 12.8.